The predicted molar refractivity (Wildman–Crippen MR) is 62.2 cm³/mol. The van der Waals surface area contributed by atoms with Crippen molar-refractivity contribution in [2.24, 2.45) is 11.7 Å². The first-order valence-corrected chi connectivity index (χ1v) is 5.11. The van der Waals surface area contributed by atoms with Gasteiger partial charge in [0.05, 0.1) is 4.92 Å². The van der Waals surface area contributed by atoms with Crippen molar-refractivity contribution < 1.29 is 4.92 Å². The molecule has 1 aromatic rings. The average Bonchev–Trinajstić information content (AvgIpc) is 2.25. The predicted octanol–water partition coefficient (Wildman–Crippen LogP) is 1.38. The van der Waals surface area contributed by atoms with Gasteiger partial charge in [0.1, 0.15) is 11.9 Å². The normalized spacial score (nSPS) is 12.5. The Balaban J connectivity index is 2.91. The molecule has 0 radical (unpaired) electrons. The van der Waals surface area contributed by atoms with Crippen LogP contribution in [0.15, 0.2) is 18.5 Å². The third-order valence-corrected chi connectivity index (χ3v) is 2.40. The van der Waals surface area contributed by atoms with Crippen LogP contribution >= 0.6 is 0 Å². The highest BCUT2D eigenvalue weighted by atomic mass is 16.6. The standard InChI is InChI=1S/C10H16N4O2/c1-7(2)9(5-11)13-8-3-4-12-6-10(8)14(15)16/h3-4,6-7,9H,5,11H2,1-2H3,(H,12,13). The molecule has 0 aliphatic carbocycles. The van der Waals surface area contributed by atoms with Crippen molar-refractivity contribution in [3.63, 3.8) is 0 Å². The van der Waals surface area contributed by atoms with Crippen LogP contribution in [0.3, 0.4) is 0 Å². The van der Waals surface area contributed by atoms with E-state index in [-0.39, 0.29) is 11.7 Å². The second kappa shape index (κ2) is 5.41. The first-order chi connectivity index (χ1) is 7.56. The third kappa shape index (κ3) is 2.90. The Morgan fingerprint density at radius 2 is 2.31 bits per heavy atom. The van der Waals surface area contributed by atoms with Crippen LogP contribution in [0.1, 0.15) is 13.8 Å². The van der Waals surface area contributed by atoms with Gasteiger partial charge in [-0.05, 0) is 12.0 Å². The summed E-state index contributed by atoms with van der Waals surface area (Å²) in [6.07, 6.45) is 2.75. The van der Waals surface area contributed by atoms with Crippen LogP contribution in [0.2, 0.25) is 0 Å². The first kappa shape index (κ1) is 12.4. The Bertz CT molecular complexity index is 368. The lowest BCUT2D eigenvalue weighted by molar-refractivity contribution is -0.384. The number of hydrogen-bond acceptors (Lipinski definition) is 5. The summed E-state index contributed by atoms with van der Waals surface area (Å²) < 4.78 is 0. The van der Waals surface area contributed by atoms with Gasteiger partial charge in [-0.2, -0.15) is 0 Å². The Kier molecular flexibility index (Phi) is 4.19. The Morgan fingerprint density at radius 1 is 1.62 bits per heavy atom. The smallest absolute Gasteiger partial charge is 0.310 e. The van der Waals surface area contributed by atoms with Crippen molar-refractivity contribution in [3.8, 4) is 0 Å². The molecule has 6 heteroatoms. The number of nitrogens with zero attached hydrogens (tertiary/aromatic N) is 2. The number of aromatic nitrogens is 1. The first-order valence-electron chi connectivity index (χ1n) is 5.11. The summed E-state index contributed by atoms with van der Waals surface area (Å²) in [5, 5.41) is 13.8. The van der Waals surface area contributed by atoms with Gasteiger partial charge in [0.25, 0.3) is 0 Å². The summed E-state index contributed by atoms with van der Waals surface area (Å²) in [5.74, 6) is 0.303. The summed E-state index contributed by atoms with van der Waals surface area (Å²) in [5.41, 5.74) is 6.04. The lowest BCUT2D eigenvalue weighted by Crippen LogP contribution is -2.33. The molecule has 1 atom stereocenters. The second-order valence-electron chi connectivity index (χ2n) is 3.88. The summed E-state index contributed by atoms with van der Waals surface area (Å²) in [6, 6.07) is 1.60. The van der Waals surface area contributed by atoms with Gasteiger partial charge in [-0.15, -0.1) is 0 Å². The lowest BCUT2D eigenvalue weighted by Gasteiger charge is -2.21. The van der Waals surface area contributed by atoms with Gasteiger partial charge < -0.3 is 11.1 Å². The van der Waals surface area contributed by atoms with Gasteiger partial charge in [0.2, 0.25) is 0 Å². The van der Waals surface area contributed by atoms with Crippen LogP contribution < -0.4 is 11.1 Å². The molecule has 3 N–H and O–H groups in total. The van der Waals surface area contributed by atoms with Crippen LogP contribution in [0, 0.1) is 16.0 Å². The van der Waals surface area contributed by atoms with Gasteiger partial charge in [-0.3, -0.25) is 15.1 Å². The SMILES string of the molecule is CC(C)C(CN)Nc1ccncc1[N+](=O)[O-]. The van der Waals surface area contributed by atoms with Crippen LogP contribution in [0.4, 0.5) is 11.4 Å². The fourth-order valence-corrected chi connectivity index (χ4v) is 1.35. The van der Waals surface area contributed by atoms with E-state index in [9.17, 15) is 10.1 Å². The molecule has 0 spiro atoms. The minimum Gasteiger partial charge on any atom is -0.375 e. The minimum absolute atomic E-state index is 0.0149. The highest BCUT2D eigenvalue weighted by Crippen LogP contribution is 2.23. The monoisotopic (exact) mass is 224 g/mol. The van der Waals surface area contributed by atoms with E-state index in [1.807, 2.05) is 13.8 Å². The lowest BCUT2D eigenvalue weighted by atomic mass is 10.0. The molecule has 16 heavy (non-hydrogen) atoms. The Hall–Kier alpha value is -1.69. The molecule has 0 saturated heterocycles. The maximum absolute atomic E-state index is 10.8. The van der Waals surface area contributed by atoms with E-state index < -0.39 is 4.92 Å². The van der Waals surface area contributed by atoms with Crippen molar-refractivity contribution in [3.05, 3.63) is 28.6 Å². The average molecular weight is 224 g/mol. The van der Waals surface area contributed by atoms with E-state index >= 15 is 0 Å². The molecule has 0 amide bonds. The number of pyridine rings is 1. The zero-order valence-corrected chi connectivity index (χ0v) is 9.38. The molecule has 1 heterocycles. The summed E-state index contributed by atoms with van der Waals surface area (Å²) in [7, 11) is 0. The minimum atomic E-state index is -0.455. The van der Waals surface area contributed by atoms with E-state index in [1.165, 1.54) is 12.4 Å². The Labute approximate surface area is 94.0 Å². The highest BCUT2D eigenvalue weighted by molar-refractivity contribution is 5.60. The van der Waals surface area contributed by atoms with E-state index in [0.717, 1.165) is 0 Å². The molecule has 88 valence electrons. The number of nitrogens with two attached hydrogens (primary N) is 1. The van der Waals surface area contributed by atoms with Crippen LogP contribution in [-0.2, 0) is 0 Å². The molecule has 0 aliphatic heterocycles. The molecular formula is C10H16N4O2. The molecule has 1 aromatic heterocycles. The highest BCUT2D eigenvalue weighted by Gasteiger charge is 2.18. The second-order valence-corrected chi connectivity index (χ2v) is 3.88. The van der Waals surface area contributed by atoms with Crippen molar-refractivity contribution in [2.45, 2.75) is 19.9 Å². The quantitative estimate of drug-likeness (QED) is 0.582. The van der Waals surface area contributed by atoms with Crippen molar-refractivity contribution in [1.82, 2.24) is 4.98 Å². The van der Waals surface area contributed by atoms with E-state index in [1.54, 1.807) is 6.07 Å². The van der Waals surface area contributed by atoms with Gasteiger partial charge >= 0.3 is 5.69 Å². The molecule has 1 rings (SSSR count). The fourth-order valence-electron chi connectivity index (χ4n) is 1.35. The maximum Gasteiger partial charge on any atom is 0.310 e. The molecule has 0 saturated carbocycles. The van der Waals surface area contributed by atoms with Gasteiger partial charge in [-0.25, -0.2) is 0 Å². The molecule has 1 unspecified atom stereocenters. The molecular weight excluding hydrogens is 208 g/mol. The van der Waals surface area contributed by atoms with Gasteiger partial charge in [0, 0.05) is 18.8 Å². The molecule has 0 fully saturated rings. The number of anilines is 1. The van der Waals surface area contributed by atoms with Crippen molar-refractivity contribution in [2.75, 3.05) is 11.9 Å². The van der Waals surface area contributed by atoms with Crippen molar-refractivity contribution >= 4 is 11.4 Å². The zero-order chi connectivity index (χ0) is 12.1. The molecule has 0 aliphatic rings. The molecule has 0 aromatic carbocycles. The number of hydrogen-bond donors (Lipinski definition) is 2. The largest absolute Gasteiger partial charge is 0.375 e. The number of nitrogens with one attached hydrogen (secondary N) is 1. The number of nitro groups is 1. The summed E-state index contributed by atoms with van der Waals surface area (Å²) >= 11 is 0. The van der Waals surface area contributed by atoms with Gasteiger partial charge in [-0.1, -0.05) is 13.8 Å². The van der Waals surface area contributed by atoms with Crippen LogP contribution in [-0.4, -0.2) is 22.5 Å². The Morgan fingerprint density at radius 3 is 2.81 bits per heavy atom. The van der Waals surface area contributed by atoms with Crippen LogP contribution in [0.25, 0.3) is 0 Å². The molecule has 6 nitrogen and oxygen atoms in total. The summed E-state index contributed by atoms with van der Waals surface area (Å²) in [6.45, 7) is 4.45. The van der Waals surface area contributed by atoms with Crippen LogP contribution in [0.5, 0.6) is 0 Å². The van der Waals surface area contributed by atoms with E-state index in [2.05, 4.69) is 10.3 Å². The summed E-state index contributed by atoms with van der Waals surface area (Å²) in [4.78, 5) is 14.0. The van der Waals surface area contributed by atoms with E-state index in [4.69, 9.17) is 5.73 Å². The maximum atomic E-state index is 10.8. The van der Waals surface area contributed by atoms with Gasteiger partial charge in [0.15, 0.2) is 0 Å². The van der Waals surface area contributed by atoms with Crippen molar-refractivity contribution in [1.29, 1.82) is 0 Å². The zero-order valence-electron chi connectivity index (χ0n) is 9.38. The fraction of sp³-hybridized carbons (Fsp3) is 0.500. The topological polar surface area (TPSA) is 94.1 Å². The van der Waals surface area contributed by atoms with E-state index in [0.29, 0.717) is 18.2 Å². The third-order valence-electron chi connectivity index (χ3n) is 2.40. The molecule has 0 bridgehead atoms. The number of rotatable bonds is 5.